The van der Waals surface area contributed by atoms with Crippen LogP contribution in [0.25, 0.3) is 44.5 Å². The number of ether oxygens (including phenoxy) is 1. The number of rotatable bonds is 7. The highest BCUT2D eigenvalue weighted by Crippen LogP contribution is 2.57. The van der Waals surface area contributed by atoms with Gasteiger partial charge in [0.15, 0.2) is 0 Å². The summed E-state index contributed by atoms with van der Waals surface area (Å²) >= 11 is 0. The van der Waals surface area contributed by atoms with Gasteiger partial charge in [-0.2, -0.15) is 0 Å². The molecule has 11 rings (SSSR count). The van der Waals surface area contributed by atoms with Gasteiger partial charge in [-0.1, -0.05) is 115 Å². The fraction of sp³-hybridized carbons (Fsp3) is 0.130. The highest BCUT2D eigenvalue weighted by Gasteiger charge is 2.67. The predicted molar refractivity (Wildman–Crippen MR) is 206 cm³/mol. The molecule has 0 bridgehead atoms. The van der Waals surface area contributed by atoms with E-state index < -0.39 is 5.72 Å². The van der Waals surface area contributed by atoms with Crippen LogP contribution in [0.3, 0.4) is 0 Å². The second-order valence-electron chi connectivity index (χ2n) is 14.2. The maximum Gasteiger partial charge on any atom is 0.201 e. The van der Waals surface area contributed by atoms with Gasteiger partial charge < -0.3 is 13.9 Å². The SMILES string of the molecule is C1=CC(c2ccc3c(c2)c2ccccc2n3-c2ccccc2)Cc2c1n(CNC(c1ccccc1)C13NC1c1ccccc1O3)c1ccccc21. The largest absolute Gasteiger partial charge is 0.468 e. The van der Waals surface area contributed by atoms with Gasteiger partial charge in [-0.25, -0.2) is 0 Å². The highest BCUT2D eigenvalue weighted by atomic mass is 16.5. The smallest absolute Gasteiger partial charge is 0.201 e. The van der Waals surface area contributed by atoms with E-state index in [1.54, 1.807) is 0 Å². The average molecular weight is 661 g/mol. The molecule has 2 N–H and O–H groups in total. The van der Waals surface area contributed by atoms with Gasteiger partial charge in [-0.3, -0.25) is 10.6 Å². The highest BCUT2D eigenvalue weighted by molar-refractivity contribution is 6.09. The summed E-state index contributed by atoms with van der Waals surface area (Å²) in [5.74, 6) is 1.26. The van der Waals surface area contributed by atoms with Crippen LogP contribution in [0.15, 0.2) is 158 Å². The molecule has 5 heteroatoms. The molecular formula is C46H36N4O. The zero-order chi connectivity index (χ0) is 33.5. The number of nitrogens with zero attached hydrogens (tertiary/aromatic N) is 2. The normalized spacial score (nSPS) is 20.6. The van der Waals surface area contributed by atoms with Gasteiger partial charge in [0.25, 0.3) is 0 Å². The standard InChI is InChI=1S/C46H36N4O/c1-3-13-30(14-4-1)44(46-45(48-46)36-19-9-12-22-43(36)51-46)47-29-49-39-20-10-7-17-34(39)37-27-31(23-25-40(37)49)32-24-26-42-38(28-32)35-18-8-11-21-41(35)50(42)33-15-5-2-6-16-33/h1-26,28,31,44-45,47-48H,27,29H2. The summed E-state index contributed by atoms with van der Waals surface area (Å²) in [6, 6.07) is 54.7. The van der Waals surface area contributed by atoms with Crippen molar-refractivity contribution in [3.8, 4) is 11.4 Å². The van der Waals surface area contributed by atoms with Crippen LogP contribution in [0, 0.1) is 0 Å². The zero-order valence-electron chi connectivity index (χ0n) is 28.0. The van der Waals surface area contributed by atoms with E-state index >= 15 is 0 Å². The van der Waals surface area contributed by atoms with E-state index in [0.29, 0.717) is 6.67 Å². The number of hydrogen-bond donors (Lipinski definition) is 2. The third-order valence-corrected chi connectivity index (χ3v) is 11.4. The summed E-state index contributed by atoms with van der Waals surface area (Å²) in [6.07, 6.45) is 5.73. The predicted octanol–water partition coefficient (Wildman–Crippen LogP) is 9.81. The van der Waals surface area contributed by atoms with Crippen LogP contribution in [-0.2, 0) is 13.1 Å². The first kappa shape index (κ1) is 28.9. The van der Waals surface area contributed by atoms with Crippen molar-refractivity contribution in [1.29, 1.82) is 0 Å². The van der Waals surface area contributed by atoms with Crippen LogP contribution in [0.1, 0.15) is 45.9 Å². The van der Waals surface area contributed by atoms with E-state index in [1.165, 1.54) is 66.3 Å². The molecule has 246 valence electrons. The fourth-order valence-corrected chi connectivity index (χ4v) is 9.00. The van der Waals surface area contributed by atoms with Crippen LogP contribution in [0.5, 0.6) is 5.75 Å². The monoisotopic (exact) mass is 660 g/mol. The zero-order valence-corrected chi connectivity index (χ0v) is 28.0. The quantitative estimate of drug-likeness (QED) is 0.167. The van der Waals surface area contributed by atoms with Gasteiger partial charge in [-0.15, -0.1) is 0 Å². The molecular weight excluding hydrogens is 625 g/mol. The first-order valence-corrected chi connectivity index (χ1v) is 18.0. The Morgan fingerprint density at radius 1 is 0.706 bits per heavy atom. The summed E-state index contributed by atoms with van der Waals surface area (Å²) < 4.78 is 11.6. The lowest BCUT2D eigenvalue weighted by Gasteiger charge is -2.27. The van der Waals surface area contributed by atoms with Crippen molar-refractivity contribution in [3.63, 3.8) is 0 Å². The molecule has 1 saturated heterocycles. The number of benzene rings is 6. The topological polar surface area (TPSA) is 53.1 Å². The lowest BCUT2D eigenvalue weighted by molar-refractivity contribution is 0.125. The number of para-hydroxylation sites is 4. The van der Waals surface area contributed by atoms with Gasteiger partial charge in [0.05, 0.1) is 29.8 Å². The molecule has 0 saturated carbocycles. The molecule has 1 aliphatic carbocycles. The van der Waals surface area contributed by atoms with Crippen molar-refractivity contribution in [2.75, 3.05) is 0 Å². The minimum atomic E-state index is -0.503. The Kier molecular flexibility index (Phi) is 6.27. The van der Waals surface area contributed by atoms with Gasteiger partial charge in [0.1, 0.15) is 5.75 Å². The molecule has 1 fully saturated rings. The molecule has 0 radical (unpaired) electrons. The van der Waals surface area contributed by atoms with Crippen LogP contribution in [-0.4, -0.2) is 14.9 Å². The van der Waals surface area contributed by atoms with Crippen molar-refractivity contribution in [1.82, 2.24) is 19.8 Å². The number of fused-ring (bicyclic) bond motifs is 9. The summed E-state index contributed by atoms with van der Waals surface area (Å²) in [4.78, 5) is 0. The first-order chi connectivity index (χ1) is 25.3. The minimum absolute atomic E-state index is 0.0435. The summed E-state index contributed by atoms with van der Waals surface area (Å²) in [6.45, 7) is 0.658. The van der Waals surface area contributed by atoms with Crippen LogP contribution >= 0.6 is 0 Å². The van der Waals surface area contributed by atoms with Crippen molar-refractivity contribution >= 4 is 38.8 Å². The second-order valence-corrected chi connectivity index (χ2v) is 14.2. The van der Waals surface area contributed by atoms with Gasteiger partial charge in [0, 0.05) is 44.5 Å². The molecule has 5 nitrogen and oxygen atoms in total. The third kappa shape index (κ3) is 4.35. The molecule has 4 heterocycles. The molecule has 8 aromatic rings. The van der Waals surface area contributed by atoms with Crippen molar-refractivity contribution < 1.29 is 4.74 Å². The molecule has 0 amide bonds. The number of aromatic nitrogens is 2. The van der Waals surface area contributed by atoms with Crippen LogP contribution in [0.2, 0.25) is 0 Å². The summed E-state index contributed by atoms with van der Waals surface area (Å²) in [5.41, 5.74) is 10.9. The van der Waals surface area contributed by atoms with E-state index in [-0.39, 0.29) is 18.0 Å². The van der Waals surface area contributed by atoms with E-state index in [9.17, 15) is 0 Å². The first-order valence-electron chi connectivity index (χ1n) is 18.0. The van der Waals surface area contributed by atoms with E-state index in [1.807, 2.05) is 0 Å². The lowest BCUT2D eigenvalue weighted by atomic mass is 9.86. The maximum absolute atomic E-state index is 6.70. The Bertz CT molecular complexity index is 2650. The molecule has 0 spiro atoms. The fourth-order valence-electron chi connectivity index (χ4n) is 9.00. The van der Waals surface area contributed by atoms with Gasteiger partial charge >= 0.3 is 0 Å². The molecule has 4 atom stereocenters. The van der Waals surface area contributed by atoms with E-state index in [4.69, 9.17) is 4.74 Å². The van der Waals surface area contributed by atoms with Gasteiger partial charge in [-0.05, 0) is 71.7 Å². The summed E-state index contributed by atoms with van der Waals surface area (Å²) in [5, 5.41) is 11.6. The van der Waals surface area contributed by atoms with Crippen molar-refractivity contribution in [2.24, 2.45) is 0 Å². The molecule has 51 heavy (non-hydrogen) atoms. The molecule has 6 aromatic carbocycles. The summed E-state index contributed by atoms with van der Waals surface area (Å²) in [7, 11) is 0. The Balaban J connectivity index is 0.949. The number of nitrogens with one attached hydrogen (secondary N) is 2. The van der Waals surface area contributed by atoms with Gasteiger partial charge in [0.2, 0.25) is 5.72 Å². The van der Waals surface area contributed by atoms with E-state index in [2.05, 4.69) is 184 Å². The molecule has 4 unspecified atom stereocenters. The molecule has 3 aliphatic rings. The minimum Gasteiger partial charge on any atom is -0.468 e. The number of hydrogen-bond acceptors (Lipinski definition) is 3. The van der Waals surface area contributed by atoms with E-state index in [0.717, 1.165) is 12.2 Å². The number of allylic oxidation sites excluding steroid dienone is 1. The Hall–Kier alpha value is -5.88. The maximum atomic E-state index is 6.70. The van der Waals surface area contributed by atoms with Crippen LogP contribution in [0.4, 0.5) is 0 Å². The van der Waals surface area contributed by atoms with Crippen molar-refractivity contribution in [2.45, 2.75) is 36.8 Å². The molecule has 2 aliphatic heterocycles. The Morgan fingerprint density at radius 3 is 2.25 bits per heavy atom. The van der Waals surface area contributed by atoms with Crippen molar-refractivity contribution in [3.05, 3.63) is 186 Å². The lowest BCUT2D eigenvalue weighted by Crippen LogP contribution is -2.41. The average Bonchev–Trinajstić information content (AvgIpc) is 3.51. The molecule has 2 aromatic heterocycles. The third-order valence-electron chi connectivity index (χ3n) is 11.4. The van der Waals surface area contributed by atoms with Crippen LogP contribution < -0.4 is 15.4 Å². The Labute approximate surface area is 296 Å². The Morgan fingerprint density at radius 2 is 1.41 bits per heavy atom. The second kappa shape index (κ2) is 11.1.